The van der Waals surface area contributed by atoms with Crippen LogP contribution in [0, 0.1) is 5.92 Å². The van der Waals surface area contributed by atoms with Crippen LogP contribution in [-0.2, 0) is 7.05 Å². The van der Waals surface area contributed by atoms with Gasteiger partial charge in [-0.1, -0.05) is 0 Å². The van der Waals surface area contributed by atoms with Crippen LogP contribution in [-0.4, -0.2) is 38.7 Å². The third-order valence-corrected chi connectivity index (χ3v) is 3.40. The Bertz CT molecular complexity index is 302. The number of aryl methyl sites for hydroxylation is 1. The number of aromatic nitrogens is 2. The lowest BCUT2D eigenvalue weighted by molar-refractivity contribution is 0.234. The van der Waals surface area contributed by atoms with Gasteiger partial charge in [0, 0.05) is 32.9 Å². The van der Waals surface area contributed by atoms with Crippen LogP contribution in [0.3, 0.4) is 0 Å². The van der Waals surface area contributed by atoms with Crippen LogP contribution in [0.1, 0.15) is 6.42 Å². The van der Waals surface area contributed by atoms with Gasteiger partial charge in [0.1, 0.15) is 5.03 Å². The molecule has 0 radical (unpaired) electrons. The van der Waals surface area contributed by atoms with E-state index in [-0.39, 0.29) is 0 Å². The van der Waals surface area contributed by atoms with Crippen molar-refractivity contribution in [2.24, 2.45) is 13.0 Å². The van der Waals surface area contributed by atoms with Crippen LogP contribution < -0.4 is 0 Å². The Morgan fingerprint density at radius 3 is 3.14 bits per heavy atom. The van der Waals surface area contributed by atoms with Gasteiger partial charge in [0.2, 0.25) is 0 Å². The van der Waals surface area contributed by atoms with Gasteiger partial charge in [-0.15, -0.1) is 0 Å². The molecule has 1 fully saturated rings. The van der Waals surface area contributed by atoms with Gasteiger partial charge in [-0.05, 0) is 24.3 Å². The number of hydrogen-bond donors (Lipinski definition) is 1. The maximum Gasteiger partial charge on any atom is 0.129 e. The zero-order valence-electron chi connectivity index (χ0n) is 8.26. The van der Waals surface area contributed by atoms with Crippen LogP contribution in [0.15, 0.2) is 17.6 Å². The molecule has 1 saturated heterocycles. The van der Waals surface area contributed by atoms with Gasteiger partial charge in [0.15, 0.2) is 0 Å². The Morgan fingerprint density at radius 1 is 1.71 bits per heavy atom. The Kier molecular flexibility index (Phi) is 3.10. The summed E-state index contributed by atoms with van der Waals surface area (Å²) in [7, 11) is 1.97. The molecule has 1 aliphatic rings. The highest BCUT2D eigenvalue weighted by molar-refractivity contribution is 7.97. The minimum absolute atomic E-state index is 0.305. The van der Waals surface area contributed by atoms with Crippen molar-refractivity contribution in [1.29, 1.82) is 0 Å². The SMILES string of the molecule is Cn1cnc(SN2CCC(CO)C2)c1. The van der Waals surface area contributed by atoms with E-state index in [0.717, 1.165) is 24.5 Å². The van der Waals surface area contributed by atoms with E-state index < -0.39 is 0 Å². The van der Waals surface area contributed by atoms with E-state index in [1.807, 2.05) is 24.1 Å². The second-order valence-corrected chi connectivity index (χ2v) is 4.81. The summed E-state index contributed by atoms with van der Waals surface area (Å²) in [4.78, 5) is 4.25. The molecular formula is C9H15N3OS. The smallest absolute Gasteiger partial charge is 0.129 e. The first kappa shape index (κ1) is 10.0. The maximum absolute atomic E-state index is 9.00. The lowest BCUT2D eigenvalue weighted by atomic mass is 10.1. The Hall–Kier alpha value is -0.520. The molecule has 1 atom stereocenters. The Labute approximate surface area is 88.1 Å². The molecule has 1 aromatic rings. The zero-order valence-corrected chi connectivity index (χ0v) is 9.07. The third-order valence-electron chi connectivity index (χ3n) is 2.41. The topological polar surface area (TPSA) is 41.3 Å². The molecule has 5 heteroatoms. The highest BCUT2D eigenvalue weighted by Crippen LogP contribution is 2.27. The van der Waals surface area contributed by atoms with E-state index in [2.05, 4.69) is 9.29 Å². The van der Waals surface area contributed by atoms with Crippen molar-refractivity contribution in [3.8, 4) is 0 Å². The monoisotopic (exact) mass is 213 g/mol. The maximum atomic E-state index is 9.00. The Morgan fingerprint density at radius 2 is 2.57 bits per heavy atom. The largest absolute Gasteiger partial charge is 0.396 e. The van der Waals surface area contributed by atoms with Crippen LogP contribution >= 0.6 is 11.9 Å². The molecule has 0 amide bonds. The van der Waals surface area contributed by atoms with E-state index >= 15 is 0 Å². The van der Waals surface area contributed by atoms with Crippen molar-refractivity contribution in [3.05, 3.63) is 12.5 Å². The second kappa shape index (κ2) is 4.33. The fourth-order valence-electron chi connectivity index (χ4n) is 1.60. The average molecular weight is 213 g/mol. The second-order valence-electron chi connectivity index (χ2n) is 3.69. The van der Waals surface area contributed by atoms with Gasteiger partial charge in [-0.3, -0.25) is 0 Å². The minimum Gasteiger partial charge on any atom is -0.396 e. The normalized spacial score (nSPS) is 23.1. The number of hydrogen-bond acceptors (Lipinski definition) is 4. The van der Waals surface area contributed by atoms with Crippen molar-refractivity contribution in [2.45, 2.75) is 11.4 Å². The molecule has 14 heavy (non-hydrogen) atoms. The molecule has 4 nitrogen and oxygen atoms in total. The quantitative estimate of drug-likeness (QED) is 0.752. The minimum atomic E-state index is 0.305. The molecule has 1 unspecified atom stereocenters. The van der Waals surface area contributed by atoms with Crippen molar-refractivity contribution < 1.29 is 5.11 Å². The fraction of sp³-hybridized carbons (Fsp3) is 0.667. The molecule has 0 spiro atoms. The van der Waals surface area contributed by atoms with Gasteiger partial charge < -0.3 is 9.67 Å². The molecular weight excluding hydrogens is 198 g/mol. The van der Waals surface area contributed by atoms with Gasteiger partial charge in [-0.25, -0.2) is 9.29 Å². The summed E-state index contributed by atoms with van der Waals surface area (Å²) >= 11 is 1.68. The van der Waals surface area contributed by atoms with Gasteiger partial charge >= 0.3 is 0 Å². The molecule has 0 bridgehead atoms. The van der Waals surface area contributed by atoms with E-state index in [1.54, 1.807) is 11.9 Å². The predicted molar refractivity (Wildman–Crippen MR) is 55.8 cm³/mol. The molecule has 0 saturated carbocycles. The van der Waals surface area contributed by atoms with Crippen molar-refractivity contribution in [2.75, 3.05) is 19.7 Å². The van der Waals surface area contributed by atoms with Crippen LogP contribution in [0.25, 0.3) is 0 Å². The summed E-state index contributed by atoms with van der Waals surface area (Å²) in [6.07, 6.45) is 4.91. The van der Waals surface area contributed by atoms with Crippen molar-refractivity contribution >= 4 is 11.9 Å². The number of imidazole rings is 1. The molecule has 0 aromatic carbocycles. The van der Waals surface area contributed by atoms with Crippen molar-refractivity contribution in [1.82, 2.24) is 13.9 Å². The molecule has 1 N–H and O–H groups in total. The van der Waals surface area contributed by atoms with Crippen LogP contribution in [0.4, 0.5) is 0 Å². The van der Waals surface area contributed by atoms with Gasteiger partial charge in [0.05, 0.1) is 6.33 Å². The van der Waals surface area contributed by atoms with Gasteiger partial charge in [0.25, 0.3) is 0 Å². The molecule has 1 aromatic heterocycles. The van der Waals surface area contributed by atoms with Gasteiger partial charge in [-0.2, -0.15) is 0 Å². The molecule has 2 rings (SSSR count). The standard InChI is InChI=1S/C9H15N3OS/c1-11-5-9(10-7-11)14-12-3-2-8(4-12)6-13/h5,7-8,13H,2-4,6H2,1H3. The van der Waals surface area contributed by atoms with Crippen LogP contribution in [0.5, 0.6) is 0 Å². The Balaban J connectivity index is 1.87. The summed E-state index contributed by atoms with van der Waals surface area (Å²) < 4.78 is 4.21. The highest BCUT2D eigenvalue weighted by Gasteiger charge is 2.22. The first-order valence-corrected chi connectivity index (χ1v) is 5.57. The van der Waals surface area contributed by atoms with E-state index in [4.69, 9.17) is 5.11 Å². The molecule has 0 aliphatic carbocycles. The average Bonchev–Trinajstić information content (AvgIpc) is 2.76. The number of nitrogens with zero attached hydrogens (tertiary/aromatic N) is 3. The summed E-state index contributed by atoms with van der Waals surface area (Å²) in [5.41, 5.74) is 0. The summed E-state index contributed by atoms with van der Waals surface area (Å²) in [5.74, 6) is 0.450. The third kappa shape index (κ3) is 2.29. The summed E-state index contributed by atoms with van der Waals surface area (Å²) in [5, 5.41) is 10.0. The predicted octanol–water partition coefficient (Wildman–Crippen LogP) is 0.741. The lowest BCUT2D eigenvalue weighted by Crippen LogP contribution is -2.13. The summed E-state index contributed by atoms with van der Waals surface area (Å²) in [6.45, 7) is 2.32. The molecule has 78 valence electrons. The number of aliphatic hydroxyl groups excluding tert-OH is 1. The molecule has 2 heterocycles. The lowest BCUT2D eigenvalue weighted by Gasteiger charge is -2.11. The van der Waals surface area contributed by atoms with E-state index in [1.165, 1.54) is 0 Å². The number of rotatable bonds is 3. The van der Waals surface area contributed by atoms with Crippen LogP contribution in [0.2, 0.25) is 0 Å². The van der Waals surface area contributed by atoms with Crippen molar-refractivity contribution in [3.63, 3.8) is 0 Å². The first-order valence-electron chi connectivity index (χ1n) is 4.79. The first-order chi connectivity index (χ1) is 6.78. The number of aliphatic hydroxyl groups is 1. The van der Waals surface area contributed by atoms with E-state index in [9.17, 15) is 0 Å². The van der Waals surface area contributed by atoms with E-state index in [0.29, 0.717) is 12.5 Å². The highest BCUT2D eigenvalue weighted by atomic mass is 32.2. The summed E-state index contributed by atoms with van der Waals surface area (Å²) in [6, 6.07) is 0. The zero-order chi connectivity index (χ0) is 9.97. The molecule has 1 aliphatic heterocycles. The fourth-order valence-corrected chi connectivity index (χ4v) is 2.65.